The van der Waals surface area contributed by atoms with E-state index in [0.29, 0.717) is 29.4 Å². The molecule has 0 fully saturated rings. The molecule has 0 aliphatic rings. The van der Waals surface area contributed by atoms with Crippen LogP contribution in [0.25, 0.3) is 0 Å². The second kappa shape index (κ2) is 15.1. The molecule has 0 aromatic heterocycles. The van der Waals surface area contributed by atoms with Crippen molar-refractivity contribution >= 4 is 50.7 Å². The molecule has 8 nitrogen and oxygen atoms in total. The van der Waals surface area contributed by atoms with E-state index in [1.54, 1.807) is 35.2 Å². The second-order valence-corrected chi connectivity index (χ2v) is 12.3. The van der Waals surface area contributed by atoms with Crippen LogP contribution in [0.15, 0.2) is 72.8 Å². The van der Waals surface area contributed by atoms with E-state index in [2.05, 4.69) is 5.32 Å². The number of anilines is 1. The molecule has 1 atom stereocenters. The first-order valence-electron chi connectivity index (χ1n) is 13.2. The Morgan fingerprint density at radius 3 is 2.29 bits per heavy atom. The highest BCUT2D eigenvalue weighted by molar-refractivity contribution is 7.92. The van der Waals surface area contributed by atoms with Crippen molar-refractivity contribution in [1.29, 1.82) is 0 Å². The molecule has 0 spiro atoms. The summed E-state index contributed by atoms with van der Waals surface area (Å²) in [6.45, 7) is 2.45. The van der Waals surface area contributed by atoms with Gasteiger partial charge < -0.3 is 15.0 Å². The largest absolute Gasteiger partial charge is 0.495 e. The van der Waals surface area contributed by atoms with Crippen molar-refractivity contribution in [3.05, 3.63) is 94.0 Å². The summed E-state index contributed by atoms with van der Waals surface area (Å²) in [6.07, 6.45) is 1.65. The number of carbonyl (C=O) groups excluding carboxylic acids is 2. The standard InChI is InChI=1S/C30H35Cl2N3O5S/c1-4-33-30(37)27(19-22-10-6-5-7-11-22)34(21-23-12-8-13-24(31)18-23)29(36)14-9-17-35(41(3,38)39)25-15-16-28(40-2)26(32)20-25/h5-8,10-13,15-16,18,20,27H,4,9,14,17,19,21H2,1-3H3,(H,33,37)/t27-/m0/s1. The zero-order valence-electron chi connectivity index (χ0n) is 23.3. The van der Waals surface area contributed by atoms with Crippen LogP contribution in [0.5, 0.6) is 5.75 Å². The van der Waals surface area contributed by atoms with Crippen LogP contribution in [0.2, 0.25) is 10.0 Å². The van der Waals surface area contributed by atoms with E-state index >= 15 is 0 Å². The van der Waals surface area contributed by atoms with Crippen LogP contribution in [0.4, 0.5) is 5.69 Å². The minimum absolute atomic E-state index is 0.0150. The highest BCUT2D eigenvalue weighted by Crippen LogP contribution is 2.30. The van der Waals surface area contributed by atoms with Gasteiger partial charge in [-0.05, 0) is 54.8 Å². The van der Waals surface area contributed by atoms with Crippen LogP contribution >= 0.6 is 23.2 Å². The molecule has 0 heterocycles. The summed E-state index contributed by atoms with van der Waals surface area (Å²) in [6, 6.07) is 20.6. The molecule has 0 saturated carbocycles. The van der Waals surface area contributed by atoms with Gasteiger partial charge in [-0.3, -0.25) is 13.9 Å². The summed E-state index contributed by atoms with van der Waals surface area (Å²) >= 11 is 12.5. The molecule has 0 aliphatic heterocycles. The average Bonchev–Trinajstić information content (AvgIpc) is 2.93. The number of ether oxygens (including phenoxy) is 1. The third kappa shape index (κ3) is 9.38. The molecule has 0 bridgehead atoms. The Kier molecular flexibility index (Phi) is 11.9. The molecule has 0 unspecified atom stereocenters. The van der Waals surface area contributed by atoms with Crippen LogP contribution in [-0.4, -0.2) is 57.6 Å². The predicted molar refractivity (Wildman–Crippen MR) is 164 cm³/mol. The number of halogens is 2. The van der Waals surface area contributed by atoms with Crippen molar-refractivity contribution in [3.8, 4) is 5.75 Å². The Morgan fingerprint density at radius 1 is 0.976 bits per heavy atom. The molecule has 1 N–H and O–H groups in total. The Morgan fingerprint density at radius 2 is 1.68 bits per heavy atom. The van der Waals surface area contributed by atoms with E-state index < -0.39 is 16.1 Å². The van der Waals surface area contributed by atoms with Gasteiger partial charge in [-0.25, -0.2) is 8.42 Å². The number of nitrogens with one attached hydrogen (secondary N) is 1. The predicted octanol–water partition coefficient (Wildman–Crippen LogP) is 5.32. The van der Waals surface area contributed by atoms with Gasteiger partial charge in [0.15, 0.2) is 0 Å². The number of sulfonamides is 1. The molecule has 0 aliphatic carbocycles. The van der Waals surface area contributed by atoms with Crippen molar-refractivity contribution in [2.24, 2.45) is 0 Å². The lowest BCUT2D eigenvalue weighted by Gasteiger charge is -2.32. The van der Waals surface area contributed by atoms with Gasteiger partial charge >= 0.3 is 0 Å². The Hall–Kier alpha value is -3.27. The normalized spacial score (nSPS) is 11.9. The Balaban J connectivity index is 1.87. The van der Waals surface area contributed by atoms with Crippen molar-refractivity contribution in [2.75, 3.05) is 30.8 Å². The number of hydrogen-bond acceptors (Lipinski definition) is 5. The third-order valence-corrected chi connectivity index (χ3v) is 8.16. The summed E-state index contributed by atoms with van der Waals surface area (Å²) in [5.74, 6) is -0.124. The quantitative estimate of drug-likeness (QED) is 0.263. The molecule has 3 aromatic rings. The molecular formula is C30H35Cl2N3O5S. The Labute approximate surface area is 252 Å². The zero-order chi connectivity index (χ0) is 30.0. The van der Waals surface area contributed by atoms with Gasteiger partial charge in [0.1, 0.15) is 11.8 Å². The summed E-state index contributed by atoms with van der Waals surface area (Å²) in [7, 11) is -2.20. The minimum atomic E-state index is -3.67. The number of rotatable bonds is 14. The number of amides is 2. The molecule has 11 heteroatoms. The smallest absolute Gasteiger partial charge is 0.243 e. The lowest BCUT2D eigenvalue weighted by atomic mass is 10.0. The molecule has 41 heavy (non-hydrogen) atoms. The molecule has 0 saturated heterocycles. The van der Waals surface area contributed by atoms with Gasteiger partial charge in [-0.15, -0.1) is 0 Å². The van der Waals surface area contributed by atoms with Crippen LogP contribution < -0.4 is 14.4 Å². The number of hydrogen-bond donors (Lipinski definition) is 1. The monoisotopic (exact) mass is 619 g/mol. The highest BCUT2D eigenvalue weighted by Gasteiger charge is 2.30. The van der Waals surface area contributed by atoms with Gasteiger partial charge in [-0.2, -0.15) is 0 Å². The SMILES string of the molecule is CCNC(=O)[C@H](Cc1ccccc1)N(Cc1cccc(Cl)c1)C(=O)CCCN(c1ccc(OC)c(Cl)c1)S(C)(=O)=O. The fourth-order valence-electron chi connectivity index (χ4n) is 4.49. The first-order chi connectivity index (χ1) is 19.5. The maximum atomic E-state index is 13.8. The van der Waals surface area contributed by atoms with Gasteiger partial charge in [0.05, 0.1) is 24.1 Å². The number of benzene rings is 3. The summed E-state index contributed by atoms with van der Waals surface area (Å²) in [5.41, 5.74) is 2.05. The van der Waals surface area contributed by atoms with Crippen molar-refractivity contribution in [3.63, 3.8) is 0 Å². The zero-order valence-corrected chi connectivity index (χ0v) is 25.7. The van der Waals surface area contributed by atoms with Crippen LogP contribution in [0.3, 0.4) is 0 Å². The maximum Gasteiger partial charge on any atom is 0.243 e. The van der Waals surface area contributed by atoms with E-state index in [9.17, 15) is 18.0 Å². The maximum absolute atomic E-state index is 13.8. The van der Waals surface area contributed by atoms with Gasteiger partial charge in [0.25, 0.3) is 0 Å². The topological polar surface area (TPSA) is 96.0 Å². The van der Waals surface area contributed by atoms with Crippen molar-refractivity contribution < 1.29 is 22.7 Å². The first kappa shape index (κ1) is 32.2. The van der Waals surface area contributed by atoms with E-state index in [1.165, 1.54) is 17.5 Å². The first-order valence-corrected chi connectivity index (χ1v) is 15.8. The summed E-state index contributed by atoms with van der Waals surface area (Å²) in [4.78, 5) is 28.6. The van der Waals surface area contributed by atoms with Crippen LogP contribution in [-0.2, 0) is 32.6 Å². The minimum Gasteiger partial charge on any atom is -0.495 e. The molecule has 220 valence electrons. The van der Waals surface area contributed by atoms with E-state index in [-0.39, 0.29) is 42.8 Å². The lowest BCUT2D eigenvalue weighted by Crippen LogP contribution is -2.50. The number of methoxy groups -OCH3 is 1. The highest BCUT2D eigenvalue weighted by atomic mass is 35.5. The van der Waals surface area contributed by atoms with E-state index in [1.807, 2.05) is 43.3 Å². The average molecular weight is 621 g/mol. The molecule has 3 rings (SSSR count). The van der Waals surface area contributed by atoms with E-state index in [4.69, 9.17) is 27.9 Å². The van der Waals surface area contributed by atoms with Crippen molar-refractivity contribution in [1.82, 2.24) is 10.2 Å². The Bertz CT molecular complexity index is 1440. The molecule has 2 amide bonds. The fourth-order valence-corrected chi connectivity index (χ4v) is 5.91. The van der Waals surface area contributed by atoms with Gasteiger partial charge in [0, 0.05) is 37.5 Å². The fraction of sp³-hybridized carbons (Fsp3) is 0.333. The summed E-state index contributed by atoms with van der Waals surface area (Å²) < 4.78 is 31.7. The molecule has 3 aromatic carbocycles. The van der Waals surface area contributed by atoms with E-state index in [0.717, 1.165) is 17.4 Å². The molecular weight excluding hydrogens is 585 g/mol. The number of likely N-dealkylation sites (N-methyl/N-ethyl adjacent to an activating group) is 1. The third-order valence-electron chi connectivity index (χ3n) is 6.44. The molecule has 0 radical (unpaired) electrons. The second-order valence-electron chi connectivity index (χ2n) is 9.51. The number of nitrogens with zero attached hydrogens (tertiary/aromatic N) is 2. The van der Waals surface area contributed by atoms with Crippen LogP contribution in [0.1, 0.15) is 30.9 Å². The van der Waals surface area contributed by atoms with Gasteiger partial charge in [-0.1, -0.05) is 65.7 Å². The van der Waals surface area contributed by atoms with Gasteiger partial charge in [0.2, 0.25) is 21.8 Å². The number of carbonyl (C=O) groups is 2. The van der Waals surface area contributed by atoms with Crippen LogP contribution in [0, 0.1) is 0 Å². The lowest BCUT2D eigenvalue weighted by molar-refractivity contribution is -0.141. The van der Waals surface area contributed by atoms with Crippen molar-refractivity contribution in [2.45, 2.75) is 38.8 Å². The summed E-state index contributed by atoms with van der Waals surface area (Å²) in [5, 5.41) is 3.65.